The first-order valence-electron chi connectivity index (χ1n) is 10.6. The van der Waals surface area contributed by atoms with E-state index in [1.54, 1.807) is 12.5 Å². The first-order valence-corrected chi connectivity index (χ1v) is 11.0. The normalized spacial score (nSPS) is 14.5. The molecule has 0 unspecified atom stereocenters. The molecule has 6 nitrogen and oxygen atoms in total. The lowest BCUT2D eigenvalue weighted by molar-refractivity contribution is 0.122. The maximum Gasteiger partial charge on any atom is 0.136 e. The summed E-state index contributed by atoms with van der Waals surface area (Å²) in [5.74, 6) is 1.69. The highest BCUT2D eigenvalue weighted by Crippen LogP contribution is 2.37. The molecule has 0 spiro atoms. The number of hydrogen-bond donors (Lipinski definition) is 0. The number of benzene rings is 2. The molecule has 4 heterocycles. The van der Waals surface area contributed by atoms with Crippen molar-refractivity contribution in [2.45, 2.75) is 6.92 Å². The molecule has 0 radical (unpaired) electrons. The average Bonchev–Trinajstić information content (AvgIpc) is 3.47. The Bertz CT molecular complexity index is 1440. The minimum atomic E-state index is 0.636. The number of pyridine rings is 1. The quantitative estimate of drug-likeness (QED) is 0.361. The van der Waals surface area contributed by atoms with Gasteiger partial charge in [-0.2, -0.15) is 0 Å². The molecule has 0 amide bonds. The highest BCUT2D eigenvalue weighted by atomic mass is 35.5. The lowest BCUT2D eigenvalue weighted by Gasteiger charge is -2.29. The van der Waals surface area contributed by atoms with Crippen molar-refractivity contribution in [3.05, 3.63) is 71.8 Å². The molecular formula is C25H21ClN4O2. The van der Waals surface area contributed by atoms with Gasteiger partial charge < -0.3 is 14.1 Å². The molecule has 0 atom stereocenters. The molecule has 0 N–H and O–H groups in total. The Hall–Kier alpha value is -3.35. The van der Waals surface area contributed by atoms with Gasteiger partial charge in [-0.15, -0.1) is 0 Å². The van der Waals surface area contributed by atoms with E-state index in [2.05, 4.69) is 26.6 Å². The SMILES string of the molecule is Cc1nc2c(-c3ccco3)cc(N3CCOCC3)cc2n1-c1ccnc2c(Cl)cccc12. The minimum Gasteiger partial charge on any atom is -0.464 e. The van der Waals surface area contributed by atoms with E-state index in [4.69, 9.17) is 25.7 Å². The number of imidazole rings is 1. The summed E-state index contributed by atoms with van der Waals surface area (Å²) in [6.45, 7) is 5.17. The van der Waals surface area contributed by atoms with Gasteiger partial charge in [0.1, 0.15) is 17.1 Å². The van der Waals surface area contributed by atoms with E-state index in [0.29, 0.717) is 5.02 Å². The van der Waals surface area contributed by atoms with Gasteiger partial charge in [0.15, 0.2) is 0 Å². The van der Waals surface area contributed by atoms with Crippen molar-refractivity contribution in [2.75, 3.05) is 31.2 Å². The smallest absolute Gasteiger partial charge is 0.136 e. The second kappa shape index (κ2) is 7.65. The number of fused-ring (bicyclic) bond motifs is 2. The number of ether oxygens (including phenoxy) is 1. The number of para-hydroxylation sites is 1. The Morgan fingerprint density at radius 3 is 2.69 bits per heavy atom. The van der Waals surface area contributed by atoms with Crippen LogP contribution in [0.25, 0.3) is 38.9 Å². The molecule has 5 aromatic rings. The van der Waals surface area contributed by atoms with Gasteiger partial charge in [0, 0.05) is 35.9 Å². The zero-order valence-corrected chi connectivity index (χ0v) is 18.3. The Morgan fingerprint density at radius 1 is 1.00 bits per heavy atom. The highest BCUT2D eigenvalue weighted by Gasteiger charge is 2.21. The molecule has 7 heteroatoms. The third-order valence-electron chi connectivity index (χ3n) is 6.02. The van der Waals surface area contributed by atoms with Crippen LogP contribution in [-0.2, 0) is 4.74 Å². The summed E-state index contributed by atoms with van der Waals surface area (Å²) >= 11 is 6.45. The van der Waals surface area contributed by atoms with E-state index in [0.717, 1.165) is 76.8 Å². The van der Waals surface area contributed by atoms with Crippen LogP contribution in [0.4, 0.5) is 5.69 Å². The molecule has 0 bridgehead atoms. The molecular weight excluding hydrogens is 424 g/mol. The summed E-state index contributed by atoms with van der Waals surface area (Å²) in [5.41, 5.74) is 5.81. The van der Waals surface area contributed by atoms with E-state index >= 15 is 0 Å². The van der Waals surface area contributed by atoms with Crippen LogP contribution in [-0.4, -0.2) is 40.8 Å². The molecule has 2 aromatic carbocycles. The summed E-state index contributed by atoms with van der Waals surface area (Å²) in [7, 11) is 0. The van der Waals surface area contributed by atoms with Crippen molar-refractivity contribution in [3.8, 4) is 17.0 Å². The fraction of sp³-hybridized carbons (Fsp3) is 0.200. The molecule has 0 aliphatic carbocycles. The summed E-state index contributed by atoms with van der Waals surface area (Å²) in [6, 6.07) is 16.2. The monoisotopic (exact) mass is 444 g/mol. The van der Waals surface area contributed by atoms with E-state index in [-0.39, 0.29) is 0 Å². The van der Waals surface area contributed by atoms with Gasteiger partial charge in [-0.25, -0.2) is 4.98 Å². The van der Waals surface area contributed by atoms with Crippen LogP contribution in [0.5, 0.6) is 0 Å². The number of morpholine rings is 1. The first kappa shape index (κ1) is 19.3. The van der Waals surface area contributed by atoms with Crippen molar-refractivity contribution in [3.63, 3.8) is 0 Å². The van der Waals surface area contributed by atoms with Gasteiger partial charge >= 0.3 is 0 Å². The van der Waals surface area contributed by atoms with Gasteiger partial charge in [-0.1, -0.05) is 23.7 Å². The summed E-state index contributed by atoms with van der Waals surface area (Å²) in [6.07, 6.45) is 3.50. The van der Waals surface area contributed by atoms with Gasteiger partial charge in [0.25, 0.3) is 0 Å². The predicted molar refractivity (Wildman–Crippen MR) is 127 cm³/mol. The largest absolute Gasteiger partial charge is 0.464 e. The number of furan rings is 1. The summed E-state index contributed by atoms with van der Waals surface area (Å²) in [5, 5.41) is 1.62. The summed E-state index contributed by atoms with van der Waals surface area (Å²) in [4.78, 5) is 11.8. The van der Waals surface area contributed by atoms with Gasteiger partial charge in [-0.05, 0) is 43.3 Å². The lowest BCUT2D eigenvalue weighted by Crippen LogP contribution is -2.36. The van der Waals surface area contributed by atoms with Crippen molar-refractivity contribution in [1.82, 2.24) is 14.5 Å². The molecule has 1 fully saturated rings. The van der Waals surface area contributed by atoms with Gasteiger partial charge in [0.05, 0.1) is 41.2 Å². The average molecular weight is 445 g/mol. The van der Waals surface area contributed by atoms with E-state index < -0.39 is 0 Å². The third-order valence-corrected chi connectivity index (χ3v) is 6.32. The van der Waals surface area contributed by atoms with Crippen molar-refractivity contribution in [2.24, 2.45) is 0 Å². The highest BCUT2D eigenvalue weighted by molar-refractivity contribution is 6.35. The van der Waals surface area contributed by atoms with Crippen LogP contribution in [0.1, 0.15) is 5.82 Å². The predicted octanol–water partition coefficient (Wildman–Crippen LogP) is 5.63. The van der Waals surface area contributed by atoms with Crippen molar-refractivity contribution in [1.29, 1.82) is 0 Å². The number of rotatable bonds is 3. The number of hydrogen-bond acceptors (Lipinski definition) is 5. The second-order valence-electron chi connectivity index (χ2n) is 7.90. The van der Waals surface area contributed by atoms with Crippen LogP contribution >= 0.6 is 11.6 Å². The van der Waals surface area contributed by atoms with Crippen LogP contribution in [0, 0.1) is 6.92 Å². The van der Waals surface area contributed by atoms with Gasteiger partial charge in [0.2, 0.25) is 0 Å². The van der Waals surface area contributed by atoms with E-state index in [1.807, 2.05) is 43.3 Å². The molecule has 1 saturated heterocycles. The Morgan fingerprint density at radius 2 is 1.88 bits per heavy atom. The van der Waals surface area contributed by atoms with E-state index in [1.165, 1.54) is 0 Å². The molecule has 6 rings (SSSR count). The maximum absolute atomic E-state index is 6.45. The Kier molecular flexibility index (Phi) is 4.63. The third kappa shape index (κ3) is 3.06. The van der Waals surface area contributed by atoms with Crippen molar-refractivity contribution >= 4 is 39.2 Å². The Balaban J connectivity index is 1.66. The number of nitrogens with zero attached hydrogens (tertiary/aromatic N) is 4. The number of halogens is 1. The Labute approximate surface area is 190 Å². The molecule has 1 aliphatic rings. The molecule has 32 heavy (non-hydrogen) atoms. The van der Waals surface area contributed by atoms with Crippen LogP contribution < -0.4 is 4.90 Å². The van der Waals surface area contributed by atoms with Crippen molar-refractivity contribution < 1.29 is 9.15 Å². The number of aryl methyl sites for hydroxylation is 1. The zero-order chi connectivity index (χ0) is 21.7. The van der Waals surface area contributed by atoms with E-state index in [9.17, 15) is 0 Å². The molecule has 1 aliphatic heterocycles. The fourth-order valence-corrected chi connectivity index (χ4v) is 4.75. The number of aromatic nitrogens is 3. The lowest BCUT2D eigenvalue weighted by atomic mass is 10.1. The molecule has 3 aromatic heterocycles. The zero-order valence-electron chi connectivity index (χ0n) is 17.6. The first-order chi connectivity index (χ1) is 15.7. The van der Waals surface area contributed by atoms with Gasteiger partial charge in [-0.3, -0.25) is 9.55 Å². The minimum absolute atomic E-state index is 0.636. The topological polar surface area (TPSA) is 56.3 Å². The second-order valence-corrected chi connectivity index (χ2v) is 8.31. The number of anilines is 1. The standard InChI is InChI=1S/C25H21ClN4O2/c1-16-28-25-19(23-6-3-11-32-23)14-17(29-9-12-31-13-10-29)15-22(25)30(16)21-7-8-27-24-18(21)4-2-5-20(24)26/h2-8,11,14-15H,9-10,12-13H2,1H3. The fourth-order valence-electron chi connectivity index (χ4n) is 4.53. The molecule has 0 saturated carbocycles. The maximum atomic E-state index is 6.45. The molecule has 160 valence electrons. The summed E-state index contributed by atoms with van der Waals surface area (Å²) < 4.78 is 13.5. The van der Waals surface area contributed by atoms with Crippen LogP contribution in [0.3, 0.4) is 0 Å². The van der Waals surface area contributed by atoms with Crippen LogP contribution in [0.2, 0.25) is 5.02 Å². The van der Waals surface area contributed by atoms with Crippen LogP contribution in [0.15, 0.2) is 65.4 Å².